The third-order valence-electron chi connectivity index (χ3n) is 3.79. The van der Waals surface area contributed by atoms with Crippen LogP contribution in [0.1, 0.15) is 31.0 Å². The van der Waals surface area contributed by atoms with E-state index in [1.807, 2.05) is 26.0 Å². The maximum absolute atomic E-state index is 12.3. The number of benzene rings is 2. The lowest BCUT2D eigenvalue weighted by Gasteiger charge is -2.19. The van der Waals surface area contributed by atoms with Crippen LogP contribution in [0.5, 0.6) is 0 Å². The van der Waals surface area contributed by atoms with E-state index in [4.69, 9.17) is 11.6 Å². The highest BCUT2D eigenvalue weighted by Gasteiger charge is 2.23. The SMILES string of the molecule is Cc1ccc(S(=O)(=O)NC(C)C(=O)NC(C)c2ccc(Cl)cc2)cc1. The van der Waals surface area contributed by atoms with Crippen LogP contribution < -0.4 is 10.0 Å². The van der Waals surface area contributed by atoms with E-state index in [0.29, 0.717) is 5.02 Å². The summed E-state index contributed by atoms with van der Waals surface area (Å²) >= 11 is 5.85. The molecule has 5 nitrogen and oxygen atoms in total. The molecule has 0 aromatic heterocycles. The molecule has 0 bridgehead atoms. The number of amides is 1. The summed E-state index contributed by atoms with van der Waals surface area (Å²) < 4.78 is 27.1. The third kappa shape index (κ3) is 5.29. The Morgan fingerprint density at radius 3 is 2.12 bits per heavy atom. The zero-order valence-corrected chi connectivity index (χ0v) is 15.9. The maximum Gasteiger partial charge on any atom is 0.241 e. The molecule has 1 amide bonds. The number of halogens is 1. The van der Waals surface area contributed by atoms with Crippen LogP contribution in [-0.2, 0) is 14.8 Å². The van der Waals surface area contributed by atoms with Gasteiger partial charge in [-0.2, -0.15) is 4.72 Å². The summed E-state index contributed by atoms with van der Waals surface area (Å²) in [5.74, 6) is -0.405. The summed E-state index contributed by atoms with van der Waals surface area (Å²) in [4.78, 5) is 12.4. The Balaban J connectivity index is 2.01. The van der Waals surface area contributed by atoms with E-state index in [1.54, 1.807) is 24.3 Å². The van der Waals surface area contributed by atoms with Gasteiger partial charge in [0.25, 0.3) is 0 Å². The molecule has 2 atom stereocenters. The Kier molecular flexibility index (Phi) is 6.21. The van der Waals surface area contributed by atoms with Crippen molar-refractivity contribution in [1.82, 2.24) is 10.0 Å². The van der Waals surface area contributed by atoms with Gasteiger partial charge in [0, 0.05) is 5.02 Å². The number of rotatable bonds is 6. The van der Waals surface area contributed by atoms with Crippen LogP contribution >= 0.6 is 11.6 Å². The van der Waals surface area contributed by atoms with E-state index in [1.165, 1.54) is 19.1 Å². The lowest BCUT2D eigenvalue weighted by molar-refractivity contribution is -0.123. The van der Waals surface area contributed by atoms with Gasteiger partial charge in [-0.05, 0) is 50.6 Å². The largest absolute Gasteiger partial charge is 0.348 e. The lowest BCUT2D eigenvalue weighted by Crippen LogP contribution is -2.45. The number of sulfonamides is 1. The molecule has 0 saturated carbocycles. The second kappa shape index (κ2) is 7.99. The van der Waals surface area contributed by atoms with Crippen molar-refractivity contribution < 1.29 is 13.2 Å². The van der Waals surface area contributed by atoms with E-state index in [-0.39, 0.29) is 10.9 Å². The maximum atomic E-state index is 12.3. The molecule has 0 saturated heterocycles. The van der Waals surface area contributed by atoms with E-state index in [0.717, 1.165) is 11.1 Å². The fraction of sp³-hybridized carbons (Fsp3) is 0.278. The van der Waals surface area contributed by atoms with Crippen LogP contribution in [0.15, 0.2) is 53.4 Å². The monoisotopic (exact) mass is 380 g/mol. The van der Waals surface area contributed by atoms with Gasteiger partial charge in [-0.25, -0.2) is 8.42 Å². The van der Waals surface area contributed by atoms with Crippen molar-refractivity contribution in [3.63, 3.8) is 0 Å². The molecule has 0 fully saturated rings. The number of carbonyl (C=O) groups excluding carboxylic acids is 1. The van der Waals surface area contributed by atoms with Gasteiger partial charge in [0.1, 0.15) is 0 Å². The predicted octanol–water partition coefficient (Wildman–Crippen LogP) is 3.19. The minimum Gasteiger partial charge on any atom is -0.348 e. The zero-order valence-electron chi connectivity index (χ0n) is 14.3. The summed E-state index contributed by atoms with van der Waals surface area (Å²) in [6.07, 6.45) is 0. The lowest BCUT2D eigenvalue weighted by atomic mass is 10.1. The first-order chi connectivity index (χ1) is 11.7. The molecule has 0 aliphatic rings. The molecule has 7 heteroatoms. The van der Waals surface area contributed by atoms with Gasteiger partial charge in [0.15, 0.2) is 0 Å². The minimum absolute atomic E-state index is 0.128. The third-order valence-corrected chi connectivity index (χ3v) is 5.59. The average Bonchev–Trinajstić information content (AvgIpc) is 2.55. The second-order valence-electron chi connectivity index (χ2n) is 5.94. The van der Waals surface area contributed by atoms with Gasteiger partial charge < -0.3 is 5.32 Å². The first-order valence-electron chi connectivity index (χ1n) is 7.84. The molecule has 0 radical (unpaired) electrons. The van der Waals surface area contributed by atoms with Gasteiger partial charge in [-0.3, -0.25) is 4.79 Å². The van der Waals surface area contributed by atoms with Crippen molar-refractivity contribution in [3.05, 3.63) is 64.7 Å². The van der Waals surface area contributed by atoms with Crippen LogP contribution in [0.25, 0.3) is 0 Å². The summed E-state index contributed by atoms with van der Waals surface area (Å²) in [6, 6.07) is 12.4. The quantitative estimate of drug-likeness (QED) is 0.808. The minimum atomic E-state index is -3.76. The van der Waals surface area contributed by atoms with E-state index < -0.39 is 22.0 Å². The number of carbonyl (C=O) groups is 1. The summed E-state index contributed by atoms with van der Waals surface area (Å²) in [5, 5.41) is 3.40. The van der Waals surface area contributed by atoms with Crippen molar-refractivity contribution in [2.45, 2.75) is 37.8 Å². The number of hydrogen-bond acceptors (Lipinski definition) is 3. The highest BCUT2D eigenvalue weighted by Crippen LogP contribution is 2.16. The molecule has 25 heavy (non-hydrogen) atoms. The predicted molar refractivity (Wildman–Crippen MR) is 99.0 cm³/mol. The van der Waals surface area contributed by atoms with Crippen molar-refractivity contribution in [2.75, 3.05) is 0 Å². The zero-order chi connectivity index (χ0) is 18.6. The Morgan fingerprint density at radius 1 is 1.00 bits per heavy atom. The molecule has 2 rings (SSSR count). The highest BCUT2D eigenvalue weighted by molar-refractivity contribution is 7.89. The Hall–Kier alpha value is -1.89. The highest BCUT2D eigenvalue weighted by atomic mass is 35.5. The molecule has 0 heterocycles. The van der Waals surface area contributed by atoms with Crippen LogP contribution in [0.2, 0.25) is 5.02 Å². The Bertz CT molecular complexity index is 834. The summed E-state index contributed by atoms with van der Waals surface area (Å²) in [6.45, 7) is 5.20. The molecule has 2 N–H and O–H groups in total. The van der Waals surface area contributed by atoms with Crippen LogP contribution in [0.3, 0.4) is 0 Å². The molecule has 0 aliphatic carbocycles. The number of hydrogen-bond donors (Lipinski definition) is 2. The van der Waals surface area contributed by atoms with E-state index >= 15 is 0 Å². The van der Waals surface area contributed by atoms with Crippen LogP contribution in [-0.4, -0.2) is 20.4 Å². The van der Waals surface area contributed by atoms with E-state index in [2.05, 4.69) is 10.0 Å². The first kappa shape index (κ1) is 19.4. The van der Waals surface area contributed by atoms with Gasteiger partial charge in [-0.15, -0.1) is 0 Å². The number of aryl methyl sites for hydroxylation is 1. The summed E-state index contributed by atoms with van der Waals surface area (Å²) in [7, 11) is -3.76. The van der Waals surface area contributed by atoms with Crippen LogP contribution in [0, 0.1) is 6.92 Å². The molecule has 0 aliphatic heterocycles. The molecule has 0 spiro atoms. The molecule has 2 unspecified atom stereocenters. The van der Waals surface area contributed by atoms with Gasteiger partial charge in [-0.1, -0.05) is 41.4 Å². The van der Waals surface area contributed by atoms with Gasteiger partial charge >= 0.3 is 0 Å². The Labute approximate surface area is 153 Å². The molecule has 2 aromatic carbocycles. The molecule has 134 valence electrons. The normalized spacial score (nSPS) is 13.9. The van der Waals surface area contributed by atoms with Crippen molar-refractivity contribution >= 4 is 27.5 Å². The topological polar surface area (TPSA) is 75.3 Å². The van der Waals surface area contributed by atoms with Crippen molar-refractivity contribution in [2.24, 2.45) is 0 Å². The van der Waals surface area contributed by atoms with Gasteiger partial charge in [0.05, 0.1) is 17.0 Å². The molecular weight excluding hydrogens is 360 g/mol. The average molecular weight is 381 g/mol. The fourth-order valence-electron chi connectivity index (χ4n) is 2.24. The van der Waals surface area contributed by atoms with Crippen LogP contribution in [0.4, 0.5) is 0 Å². The van der Waals surface area contributed by atoms with E-state index in [9.17, 15) is 13.2 Å². The smallest absolute Gasteiger partial charge is 0.241 e. The second-order valence-corrected chi connectivity index (χ2v) is 8.09. The number of nitrogens with one attached hydrogen (secondary N) is 2. The van der Waals surface area contributed by atoms with Gasteiger partial charge in [0.2, 0.25) is 15.9 Å². The molecular formula is C18H21ClN2O3S. The standard InChI is InChI=1S/C18H21ClN2O3S/c1-12-4-10-17(11-5-12)25(23,24)21-14(3)18(22)20-13(2)15-6-8-16(19)9-7-15/h4-11,13-14,21H,1-3H3,(H,20,22). The van der Waals surface area contributed by atoms with Crippen molar-refractivity contribution in [3.8, 4) is 0 Å². The fourth-order valence-corrected chi connectivity index (χ4v) is 3.57. The molecule has 2 aromatic rings. The van der Waals surface area contributed by atoms with Crippen molar-refractivity contribution in [1.29, 1.82) is 0 Å². The Morgan fingerprint density at radius 2 is 1.56 bits per heavy atom. The first-order valence-corrected chi connectivity index (χ1v) is 9.70. The summed E-state index contributed by atoms with van der Waals surface area (Å²) in [5.41, 5.74) is 1.84.